The minimum atomic E-state index is -0.917. The first-order chi connectivity index (χ1) is 8.63. The van der Waals surface area contributed by atoms with Crippen LogP contribution in [0.15, 0.2) is 35.7 Å². The van der Waals surface area contributed by atoms with Crippen LogP contribution in [0.2, 0.25) is 18.1 Å². The van der Waals surface area contributed by atoms with Gasteiger partial charge in [0.2, 0.25) is 0 Å². The average molecular weight is 297 g/mol. The van der Waals surface area contributed by atoms with Gasteiger partial charge in [-0.05, 0) is 54.2 Å². The smallest absolute Gasteiger partial charge is 0.171 e. The molecule has 0 aliphatic carbocycles. The molecule has 1 heterocycles. The summed E-state index contributed by atoms with van der Waals surface area (Å²) in [6.07, 6.45) is 0.941. The molecule has 18 heavy (non-hydrogen) atoms. The van der Waals surface area contributed by atoms with Crippen LogP contribution in [-0.2, 0) is 17.5 Å². The van der Waals surface area contributed by atoms with Gasteiger partial charge < -0.3 is 4.43 Å². The summed E-state index contributed by atoms with van der Waals surface area (Å²) in [6, 6.07) is 10.3. The van der Waals surface area contributed by atoms with Gasteiger partial charge in [-0.2, -0.15) is 0 Å². The van der Waals surface area contributed by atoms with Crippen LogP contribution in [0.1, 0.15) is 16.0 Å². The molecule has 0 atom stereocenters. The van der Waals surface area contributed by atoms with Crippen molar-refractivity contribution < 1.29 is 4.43 Å². The highest BCUT2D eigenvalue weighted by atomic mass is 35.5. The Kier molecular flexibility index (Phi) is 5.01. The highest BCUT2D eigenvalue weighted by Gasteiger charge is 2.03. The van der Waals surface area contributed by atoms with Gasteiger partial charge in [-0.1, -0.05) is 23.7 Å². The van der Waals surface area contributed by atoms with Crippen molar-refractivity contribution in [1.29, 1.82) is 0 Å². The number of hydrogen-bond acceptors (Lipinski definition) is 2. The lowest BCUT2D eigenvalue weighted by molar-refractivity contribution is 0.318. The van der Waals surface area contributed by atoms with E-state index < -0.39 is 9.04 Å². The van der Waals surface area contributed by atoms with Crippen LogP contribution >= 0.6 is 22.9 Å². The maximum Gasteiger partial charge on any atom is 0.171 e. The van der Waals surface area contributed by atoms with E-state index >= 15 is 0 Å². The van der Waals surface area contributed by atoms with E-state index in [-0.39, 0.29) is 0 Å². The summed E-state index contributed by atoms with van der Waals surface area (Å²) < 4.78 is 5.74. The Morgan fingerprint density at radius 2 is 2.06 bits per heavy atom. The second-order valence-electron chi connectivity index (χ2n) is 4.59. The molecule has 0 saturated carbocycles. The summed E-state index contributed by atoms with van der Waals surface area (Å²) in [5.41, 5.74) is 2.59. The number of thiophene rings is 1. The Labute approximate surface area is 119 Å². The van der Waals surface area contributed by atoms with E-state index in [9.17, 15) is 0 Å². The van der Waals surface area contributed by atoms with Crippen LogP contribution < -0.4 is 0 Å². The van der Waals surface area contributed by atoms with Gasteiger partial charge in [-0.15, -0.1) is 11.3 Å². The van der Waals surface area contributed by atoms with Crippen LogP contribution in [-0.4, -0.2) is 9.04 Å². The molecule has 0 spiro atoms. The van der Waals surface area contributed by atoms with Gasteiger partial charge in [0.25, 0.3) is 0 Å². The van der Waals surface area contributed by atoms with Crippen LogP contribution in [0.5, 0.6) is 0 Å². The highest BCUT2D eigenvalue weighted by molar-refractivity contribution is 7.10. The van der Waals surface area contributed by atoms with Crippen LogP contribution in [0.3, 0.4) is 0 Å². The van der Waals surface area contributed by atoms with Gasteiger partial charge in [0.1, 0.15) is 0 Å². The topological polar surface area (TPSA) is 9.23 Å². The van der Waals surface area contributed by atoms with Gasteiger partial charge >= 0.3 is 0 Å². The molecular weight excluding hydrogens is 280 g/mol. The molecule has 0 saturated heterocycles. The minimum Gasteiger partial charge on any atom is -0.415 e. The van der Waals surface area contributed by atoms with E-state index in [1.165, 1.54) is 16.0 Å². The summed E-state index contributed by atoms with van der Waals surface area (Å²) >= 11 is 7.77. The first-order valence-electron chi connectivity index (χ1n) is 6.06. The summed E-state index contributed by atoms with van der Waals surface area (Å²) in [5, 5.41) is 3.01. The zero-order valence-electron chi connectivity index (χ0n) is 10.7. The third-order valence-corrected chi connectivity index (χ3v) is 4.59. The van der Waals surface area contributed by atoms with Gasteiger partial charge in [-0.25, -0.2) is 0 Å². The quantitative estimate of drug-likeness (QED) is 0.739. The summed E-state index contributed by atoms with van der Waals surface area (Å²) in [5.74, 6) is 0. The zero-order valence-corrected chi connectivity index (χ0v) is 13.4. The van der Waals surface area contributed by atoms with Gasteiger partial charge in [0, 0.05) is 9.90 Å². The van der Waals surface area contributed by atoms with Crippen molar-refractivity contribution >= 4 is 32.0 Å². The van der Waals surface area contributed by atoms with Crippen LogP contribution in [0.25, 0.3) is 0 Å². The Bertz CT molecular complexity index is 510. The number of rotatable bonds is 5. The first-order valence-corrected chi connectivity index (χ1v) is 10.1. The van der Waals surface area contributed by atoms with Gasteiger partial charge in [0.15, 0.2) is 9.04 Å². The lowest BCUT2D eigenvalue weighted by Crippen LogP contribution is -2.06. The molecule has 1 aromatic heterocycles. The van der Waals surface area contributed by atoms with Gasteiger partial charge in [-0.3, -0.25) is 0 Å². The molecule has 2 aromatic rings. The largest absolute Gasteiger partial charge is 0.415 e. The standard InChI is InChI=1S/C14H17ClOSSi/c1-18(2)16-9-14-8-12(10-17-14)6-11-4-3-5-13(15)7-11/h3-5,7-8,10,18H,6,9H2,1-2H3. The van der Waals surface area contributed by atoms with E-state index in [4.69, 9.17) is 16.0 Å². The van der Waals surface area contributed by atoms with E-state index in [0.29, 0.717) is 0 Å². The molecule has 0 radical (unpaired) electrons. The van der Waals surface area contributed by atoms with Crippen molar-refractivity contribution in [1.82, 2.24) is 0 Å². The van der Waals surface area contributed by atoms with E-state index in [0.717, 1.165) is 18.1 Å². The highest BCUT2D eigenvalue weighted by Crippen LogP contribution is 2.20. The molecular formula is C14H17ClOSSi. The third-order valence-electron chi connectivity index (χ3n) is 2.56. The molecule has 1 aromatic carbocycles. The summed E-state index contributed by atoms with van der Waals surface area (Å²) in [7, 11) is -0.917. The molecule has 96 valence electrons. The molecule has 0 unspecified atom stereocenters. The van der Waals surface area contributed by atoms with Crippen LogP contribution in [0.4, 0.5) is 0 Å². The van der Waals surface area contributed by atoms with Crippen molar-refractivity contribution in [2.75, 3.05) is 0 Å². The van der Waals surface area contributed by atoms with Crippen molar-refractivity contribution in [3.63, 3.8) is 0 Å². The van der Waals surface area contributed by atoms with E-state index in [1.54, 1.807) is 11.3 Å². The van der Waals surface area contributed by atoms with Crippen molar-refractivity contribution in [2.24, 2.45) is 0 Å². The molecule has 0 aliphatic rings. The van der Waals surface area contributed by atoms with Crippen molar-refractivity contribution in [3.8, 4) is 0 Å². The summed E-state index contributed by atoms with van der Waals surface area (Å²) in [4.78, 5) is 1.31. The second-order valence-corrected chi connectivity index (χ2v) is 8.45. The fourth-order valence-electron chi connectivity index (χ4n) is 1.73. The fraction of sp³-hybridized carbons (Fsp3) is 0.286. The van der Waals surface area contributed by atoms with Crippen molar-refractivity contribution in [2.45, 2.75) is 26.1 Å². The minimum absolute atomic E-state index is 0.768. The Balaban J connectivity index is 1.98. The molecule has 4 heteroatoms. The molecule has 2 rings (SSSR count). The zero-order chi connectivity index (χ0) is 13.0. The second kappa shape index (κ2) is 6.52. The number of halogens is 1. The molecule has 0 bridgehead atoms. The van der Waals surface area contributed by atoms with E-state index in [2.05, 4.69) is 30.6 Å². The normalized spacial score (nSPS) is 11.1. The Morgan fingerprint density at radius 1 is 1.22 bits per heavy atom. The average Bonchev–Trinajstić information content (AvgIpc) is 2.74. The fourth-order valence-corrected chi connectivity index (χ4v) is 3.38. The predicted molar refractivity (Wildman–Crippen MR) is 82.2 cm³/mol. The molecule has 0 aliphatic heterocycles. The SMILES string of the molecule is C[SiH](C)OCc1cc(Cc2cccc(Cl)c2)cs1. The predicted octanol–water partition coefficient (Wildman–Crippen LogP) is 4.49. The lowest BCUT2D eigenvalue weighted by Gasteiger charge is -2.03. The Morgan fingerprint density at radius 3 is 2.78 bits per heavy atom. The van der Waals surface area contributed by atoms with Crippen LogP contribution in [0, 0.1) is 0 Å². The van der Waals surface area contributed by atoms with Crippen molar-refractivity contribution in [3.05, 3.63) is 56.7 Å². The maximum absolute atomic E-state index is 5.99. The molecule has 1 nitrogen and oxygen atoms in total. The lowest BCUT2D eigenvalue weighted by atomic mass is 10.1. The number of benzene rings is 1. The third kappa shape index (κ3) is 4.25. The first kappa shape index (κ1) is 13.8. The summed E-state index contributed by atoms with van der Waals surface area (Å²) in [6.45, 7) is 5.16. The number of hydrogen-bond donors (Lipinski definition) is 0. The molecule has 0 fully saturated rings. The monoisotopic (exact) mass is 296 g/mol. The Hall–Kier alpha value is -0.613. The maximum atomic E-state index is 5.99. The molecule has 0 N–H and O–H groups in total. The molecule has 0 amide bonds. The van der Waals surface area contributed by atoms with Gasteiger partial charge in [0.05, 0.1) is 6.61 Å². The van der Waals surface area contributed by atoms with E-state index in [1.807, 2.05) is 18.2 Å².